The molecule has 116 valence electrons. The molecular weight excluding hydrogens is 252 g/mol. The molecule has 1 aliphatic heterocycles. The van der Waals surface area contributed by atoms with Crippen molar-refractivity contribution in [3.63, 3.8) is 0 Å². The van der Waals surface area contributed by atoms with Gasteiger partial charge in [-0.3, -0.25) is 0 Å². The van der Waals surface area contributed by atoms with Gasteiger partial charge in [0.05, 0.1) is 0 Å². The third-order valence-electron chi connectivity index (χ3n) is 4.55. The van der Waals surface area contributed by atoms with Crippen molar-refractivity contribution in [3.05, 3.63) is 0 Å². The van der Waals surface area contributed by atoms with E-state index in [9.17, 15) is 4.79 Å². The maximum Gasteiger partial charge on any atom is 0.410 e. The first kappa shape index (κ1) is 15.6. The Kier molecular flexibility index (Phi) is 4.95. The minimum Gasteiger partial charge on any atom is -0.444 e. The molecule has 2 aliphatic rings. The van der Waals surface area contributed by atoms with E-state index in [4.69, 9.17) is 4.74 Å². The molecule has 4 nitrogen and oxygen atoms in total. The molecule has 4 heteroatoms. The summed E-state index contributed by atoms with van der Waals surface area (Å²) in [6, 6.07) is 1.10. The lowest BCUT2D eigenvalue weighted by Crippen LogP contribution is -2.45. The molecule has 0 radical (unpaired) electrons. The summed E-state index contributed by atoms with van der Waals surface area (Å²) in [5, 5.41) is 0. The molecule has 0 atom stereocenters. The van der Waals surface area contributed by atoms with Crippen LogP contribution >= 0.6 is 0 Å². The fourth-order valence-electron chi connectivity index (χ4n) is 3.40. The number of carbonyl (C=O) groups is 1. The first-order chi connectivity index (χ1) is 9.37. The number of nitrogens with zero attached hydrogens (tertiary/aromatic N) is 2. The van der Waals surface area contributed by atoms with Crippen LogP contribution in [0.1, 0.15) is 59.3 Å². The minimum atomic E-state index is -0.405. The van der Waals surface area contributed by atoms with Crippen molar-refractivity contribution in [2.75, 3.05) is 20.1 Å². The van der Waals surface area contributed by atoms with Crippen molar-refractivity contribution in [2.45, 2.75) is 77.0 Å². The summed E-state index contributed by atoms with van der Waals surface area (Å²) in [7, 11) is 1.88. The summed E-state index contributed by atoms with van der Waals surface area (Å²) < 4.78 is 5.46. The third-order valence-corrected chi connectivity index (χ3v) is 4.55. The monoisotopic (exact) mass is 282 g/mol. The van der Waals surface area contributed by atoms with E-state index in [0.29, 0.717) is 6.04 Å². The number of hydrogen-bond donors (Lipinski definition) is 0. The van der Waals surface area contributed by atoms with E-state index in [1.807, 2.05) is 32.7 Å². The SMILES string of the molecule is CN(C(=O)OC(C)(C)C)[C@H]1CC[C@@H](N2CCCC2)CC1. The van der Waals surface area contributed by atoms with Crippen molar-refractivity contribution < 1.29 is 9.53 Å². The number of carbonyl (C=O) groups excluding carboxylic acids is 1. The highest BCUT2D eigenvalue weighted by Gasteiger charge is 2.31. The Labute approximate surface area is 123 Å². The molecule has 0 aromatic carbocycles. The summed E-state index contributed by atoms with van der Waals surface area (Å²) in [5.41, 5.74) is -0.405. The normalized spacial score (nSPS) is 28.4. The maximum absolute atomic E-state index is 12.1. The van der Waals surface area contributed by atoms with Crippen LogP contribution in [0.3, 0.4) is 0 Å². The van der Waals surface area contributed by atoms with E-state index in [2.05, 4.69) is 4.90 Å². The highest BCUT2D eigenvalue weighted by Crippen LogP contribution is 2.28. The third kappa shape index (κ3) is 4.11. The van der Waals surface area contributed by atoms with Gasteiger partial charge in [-0.2, -0.15) is 0 Å². The topological polar surface area (TPSA) is 32.8 Å². The zero-order chi connectivity index (χ0) is 14.8. The Morgan fingerprint density at radius 3 is 2.15 bits per heavy atom. The molecule has 0 spiro atoms. The highest BCUT2D eigenvalue weighted by molar-refractivity contribution is 5.68. The Morgan fingerprint density at radius 2 is 1.65 bits per heavy atom. The van der Waals surface area contributed by atoms with Gasteiger partial charge in [-0.25, -0.2) is 4.79 Å². The van der Waals surface area contributed by atoms with Gasteiger partial charge in [-0.1, -0.05) is 0 Å². The molecule has 0 unspecified atom stereocenters. The second-order valence-corrected chi connectivity index (χ2v) is 7.30. The molecule has 1 amide bonds. The van der Waals surface area contributed by atoms with Crippen LogP contribution in [-0.2, 0) is 4.74 Å². The molecule has 2 fully saturated rings. The van der Waals surface area contributed by atoms with E-state index in [1.165, 1.54) is 38.8 Å². The molecule has 2 rings (SSSR count). The lowest BCUT2D eigenvalue weighted by molar-refractivity contribution is 0.0157. The number of rotatable bonds is 2. The van der Waals surface area contributed by atoms with Gasteiger partial charge in [0, 0.05) is 19.1 Å². The molecule has 0 aromatic heterocycles. The van der Waals surface area contributed by atoms with Gasteiger partial charge in [-0.15, -0.1) is 0 Å². The van der Waals surface area contributed by atoms with Gasteiger partial charge in [0.2, 0.25) is 0 Å². The lowest BCUT2D eigenvalue weighted by atomic mass is 9.89. The summed E-state index contributed by atoms with van der Waals surface area (Å²) in [5.74, 6) is 0. The van der Waals surface area contributed by atoms with E-state index in [0.717, 1.165) is 18.9 Å². The van der Waals surface area contributed by atoms with Crippen LogP contribution in [0.2, 0.25) is 0 Å². The Balaban J connectivity index is 1.79. The van der Waals surface area contributed by atoms with Crippen LogP contribution < -0.4 is 0 Å². The molecule has 1 heterocycles. The minimum absolute atomic E-state index is 0.179. The highest BCUT2D eigenvalue weighted by atomic mass is 16.6. The van der Waals surface area contributed by atoms with Gasteiger partial charge in [0.25, 0.3) is 0 Å². The molecule has 1 aliphatic carbocycles. The van der Waals surface area contributed by atoms with Gasteiger partial charge in [0.1, 0.15) is 5.60 Å². The largest absolute Gasteiger partial charge is 0.444 e. The Hall–Kier alpha value is -0.770. The van der Waals surface area contributed by atoms with Crippen LogP contribution in [0.25, 0.3) is 0 Å². The Bertz CT molecular complexity index is 324. The van der Waals surface area contributed by atoms with Gasteiger partial charge in [0.15, 0.2) is 0 Å². The summed E-state index contributed by atoms with van der Waals surface area (Å²) >= 11 is 0. The van der Waals surface area contributed by atoms with Crippen LogP contribution in [-0.4, -0.2) is 53.7 Å². The van der Waals surface area contributed by atoms with E-state index >= 15 is 0 Å². The maximum atomic E-state index is 12.1. The van der Waals surface area contributed by atoms with Gasteiger partial charge < -0.3 is 14.5 Å². The average Bonchev–Trinajstić information content (AvgIpc) is 2.90. The number of ether oxygens (including phenoxy) is 1. The van der Waals surface area contributed by atoms with E-state index < -0.39 is 5.60 Å². The quantitative estimate of drug-likeness (QED) is 0.779. The molecule has 1 saturated heterocycles. The van der Waals surface area contributed by atoms with Crippen molar-refractivity contribution >= 4 is 6.09 Å². The predicted molar refractivity (Wildman–Crippen MR) is 80.8 cm³/mol. The summed E-state index contributed by atoms with van der Waals surface area (Å²) in [6.45, 7) is 8.31. The van der Waals surface area contributed by atoms with Gasteiger partial charge in [-0.05, 0) is 72.4 Å². The first-order valence-corrected chi connectivity index (χ1v) is 8.07. The fourth-order valence-corrected chi connectivity index (χ4v) is 3.40. The van der Waals surface area contributed by atoms with E-state index in [-0.39, 0.29) is 6.09 Å². The molecule has 1 saturated carbocycles. The second kappa shape index (κ2) is 6.33. The van der Waals surface area contributed by atoms with Crippen molar-refractivity contribution in [2.24, 2.45) is 0 Å². The Morgan fingerprint density at radius 1 is 1.10 bits per heavy atom. The average molecular weight is 282 g/mol. The number of hydrogen-bond acceptors (Lipinski definition) is 3. The predicted octanol–water partition coefficient (Wildman–Crippen LogP) is 3.26. The molecule has 20 heavy (non-hydrogen) atoms. The number of amides is 1. The zero-order valence-corrected chi connectivity index (χ0v) is 13.5. The van der Waals surface area contributed by atoms with Crippen LogP contribution in [0.15, 0.2) is 0 Å². The van der Waals surface area contributed by atoms with Crippen molar-refractivity contribution in [3.8, 4) is 0 Å². The molecule has 0 bridgehead atoms. The van der Waals surface area contributed by atoms with Crippen LogP contribution in [0.4, 0.5) is 4.79 Å². The molecule has 0 aromatic rings. The molecule has 0 N–H and O–H groups in total. The molecular formula is C16H30N2O2. The second-order valence-electron chi connectivity index (χ2n) is 7.30. The summed E-state index contributed by atoms with van der Waals surface area (Å²) in [4.78, 5) is 16.5. The van der Waals surface area contributed by atoms with Gasteiger partial charge >= 0.3 is 6.09 Å². The fraction of sp³-hybridized carbons (Fsp3) is 0.938. The zero-order valence-electron chi connectivity index (χ0n) is 13.5. The summed E-state index contributed by atoms with van der Waals surface area (Å²) in [6.07, 6.45) is 7.20. The van der Waals surface area contributed by atoms with Crippen LogP contribution in [0, 0.1) is 0 Å². The van der Waals surface area contributed by atoms with Crippen molar-refractivity contribution in [1.82, 2.24) is 9.80 Å². The van der Waals surface area contributed by atoms with E-state index in [1.54, 1.807) is 0 Å². The van der Waals surface area contributed by atoms with Crippen LogP contribution in [0.5, 0.6) is 0 Å². The standard InChI is InChI=1S/C16H30N2O2/c1-16(2,3)20-15(19)17(4)13-7-9-14(10-8-13)18-11-5-6-12-18/h13-14H,5-12H2,1-4H3/t13-,14+. The number of likely N-dealkylation sites (tertiary alicyclic amines) is 1. The lowest BCUT2D eigenvalue weighted by Gasteiger charge is -2.38. The van der Waals surface area contributed by atoms with Crippen molar-refractivity contribution in [1.29, 1.82) is 0 Å². The first-order valence-electron chi connectivity index (χ1n) is 8.07. The smallest absolute Gasteiger partial charge is 0.410 e.